The first kappa shape index (κ1) is 12.2. The van der Waals surface area contributed by atoms with Gasteiger partial charge in [-0.15, -0.1) is 6.58 Å². The summed E-state index contributed by atoms with van der Waals surface area (Å²) in [6, 6.07) is 0. The summed E-state index contributed by atoms with van der Waals surface area (Å²) >= 11 is 0. The fraction of sp³-hybridized carbons (Fsp3) is 0.643. The van der Waals surface area contributed by atoms with E-state index in [-0.39, 0.29) is 0 Å². The van der Waals surface area contributed by atoms with E-state index < -0.39 is 0 Å². The van der Waals surface area contributed by atoms with Crippen molar-refractivity contribution in [3.63, 3.8) is 0 Å². The van der Waals surface area contributed by atoms with Gasteiger partial charge in [-0.05, 0) is 19.3 Å². The largest absolute Gasteiger partial charge is 0.384 e. The summed E-state index contributed by atoms with van der Waals surface area (Å²) in [5, 5.41) is 0. The summed E-state index contributed by atoms with van der Waals surface area (Å²) < 4.78 is 2.16. The number of hydrogen-bond acceptors (Lipinski definition) is 2. The molecule has 0 atom stereocenters. The van der Waals surface area contributed by atoms with E-state index in [2.05, 4.69) is 18.1 Å². The minimum atomic E-state index is 0.614. The summed E-state index contributed by atoms with van der Waals surface area (Å²) in [6.45, 7) is 6.77. The van der Waals surface area contributed by atoms with Crippen LogP contribution in [-0.4, -0.2) is 9.55 Å². The first-order valence-corrected chi connectivity index (χ1v) is 6.73. The molecule has 1 heterocycles. The summed E-state index contributed by atoms with van der Waals surface area (Å²) in [5.41, 5.74) is 7.28. The van der Waals surface area contributed by atoms with Gasteiger partial charge in [-0.3, -0.25) is 0 Å². The molecular formula is C14H23N3. The third kappa shape index (κ3) is 2.38. The summed E-state index contributed by atoms with van der Waals surface area (Å²) in [6.07, 6.45) is 9.17. The molecular weight excluding hydrogens is 210 g/mol. The Labute approximate surface area is 104 Å². The zero-order valence-corrected chi connectivity index (χ0v) is 10.8. The number of nitrogen functional groups attached to an aromatic ring is 1. The van der Waals surface area contributed by atoms with Gasteiger partial charge in [0.05, 0.1) is 5.69 Å². The molecule has 17 heavy (non-hydrogen) atoms. The topological polar surface area (TPSA) is 43.8 Å². The van der Waals surface area contributed by atoms with Gasteiger partial charge in [-0.1, -0.05) is 32.3 Å². The third-order valence-corrected chi connectivity index (χ3v) is 3.63. The molecule has 1 aliphatic rings. The van der Waals surface area contributed by atoms with Crippen LogP contribution in [0.2, 0.25) is 0 Å². The highest BCUT2D eigenvalue weighted by Gasteiger charge is 2.24. The molecule has 0 aliphatic heterocycles. The zero-order chi connectivity index (χ0) is 12.3. The van der Waals surface area contributed by atoms with Crippen LogP contribution in [0.3, 0.4) is 0 Å². The van der Waals surface area contributed by atoms with Crippen molar-refractivity contribution in [3.8, 4) is 0 Å². The molecule has 1 aromatic heterocycles. The fourth-order valence-electron chi connectivity index (χ4n) is 2.77. The molecule has 0 unspecified atom stereocenters. The van der Waals surface area contributed by atoms with Crippen LogP contribution in [0.25, 0.3) is 0 Å². The van der Waals surface area contributed by atoms with Gasteiger partial charge in [0.1, 0.15) is 11.6 Å². The van der Waals surface area contributed by atoms with Gasteiger partial charge in [-0.2, -0.15) is 0 Å². The number of aryl methyl sites for hydroxylation is 1. The van der Waals surface area contributed by atoms with Crippen molar-refractivity contribution in [2.24, 2.45) is 0 Å². The predicted molar refractivity (Wildman–Crippen MR) is 72.0 cm³/mol. The average molecular weight is 233 g/mol. The Kier molecular flexibility index (Phi) is 3.87. The van der Waals surface area contributed by atoms with Gasteiger partial charge >= 0.3 is 0 Å². The minimum Gasteiger partial charge on any atom is -0.384 e. The maximum absolute atomic E-state index is 6.20. The number of nitrogens with two attached hydrogens (primary N) is 1. The zero-order valence-electron chi connectivity index (χ0n) is 10.8. The molecule has 0 saturated heterocycles. The molecule has 0 spiro atoms. The van der Waals surface area contributed by atoms with Gasteiger partial charge in [0.15, 0.2) is 0 Å². The first-order chi connectivity index (χ1) is 8.27. The van der Waals surface area contributed by atoms with Crippen LogP contribution >= 0.6 is 0 Å². The van der Waals surface area contributed by atoms with E-state index in [0.29, 0.717) is 5.92 Å². The van der Waals surface area contributed by atoms with Crippen molar-refractivity contribution < 1.29 is 0 Å². The number of anilines is 1. The fourth-order valence-corrected chi connectivity index (χ4v) is 2.77. The Morgan fingerprint density at radius 1 is 1.47 bits per heavy atom. The first-order valence-electron chi connectivity index (χ1n) is 6.73. The number of aromatic nitrogens is 2. The van der Waals surface area contributed by atoms with Gasteiger partial charge in [0.25, 0.3) is 0 Å². The minimum absolute atomic E-state index is 0.614. The Hall–Kier alpha value is -1.25. The molecule has 2 rings (SSSR count). The van der Waals surface area contributed by atoms with Crippen LogP contribution in [0.1, 0.15) is 56.5 Å². The highest BCUT2D eigenvalue weighted by molar-refractivity contribution is 5.39. The predicted octanol–water partition coefficient (Wildman–Crippen LogP) is 3.26. The Morgan fingerprint density at radius 2 is 2.18 bits per heavy atom. The number of imidazole rings is 1. The second-order valence-corrected chi connectivity index (χ2v) is 4.93. The molecule has 1 aromatic rings. The number of nitrogens with zero attached hydrogens (tertiary/aromatic N) is 2. The smallest absolute Gasteiger partial charge is 0.127 e. The lowest BCUT2D eigenvalue weighted by Crippen LogP contribution is -2.08. The standard InChI is InChI=1S/C14H23N3/c1-3-7-12-13(15)17(10-4-2)14(16-12)11-8-5-6-9-11/h4,11H,2-3,5-10,15H2,1H3. The monoisotopic (exact) mass is 233 g/mol. The maximum Gasteiger partial charge on any atom is 0.127 e. The third-order valence-electron chi connectivity index (χ3n) is 3.63. The van der Waals surface area contributed by atoms with Gasteiger partial charge in [0.2, 0.25) is 0 Å². The lowest BCUT2D eigenvalue weighted by atomic mass is 10.1. The van der Waals surface area contributed by atoms with Crippen LogP contribution < -0.4 is 5.73 Å². The van der Waals surface area contributed by atoms with E-state index in [1.807, 2.05) is 6.08 Å². The van der Waals surface area contributed by atoms with Crippen LogP contribution in [-0.2, 0) is 13.0 Å². The molecule has 1 fully saturated rings. The lowest BCUT2D eigenvalue weighted by molar-refractivity contribution is 0.617. The van der Waals surface area contributed by atoms with E-state index in [4.69, 9.17) is 10.7 Å². The second-order valence-electron chi connectivity index (χ2n) is 4.93. The van der Waals surface area contributed by atoms with E-state index in [0.717, 1.165) is 30.9 Å². The van der Waals surface area contributed by atoms with E-state index in [9.17, 15) is 0 Å². The molecule has 3 heteroatoms. The van der Waals surface area contributed by atoms with Crippen LogP contribution in [0.15, 0.2) is 12.7 Å². The molecule has 3 nitrogen and oxygen atoms in total. The summed E-state index contributed by atoms with van der Waals surface area (Å²) in [5.74, 6) is 2.67. The molecule has 1 saturated carbocycles. The van der Waals surface area contributed by atoms with E-state index in [1.54, 1.807) is 0 Å². The normalized spacial score (nSPS) is 16.5. The van der Waals surface area contributed by atoms with Crippen molar-refractivity contribution in [1.82, 2.24) is 9.55 Å². The van der Waals surface area contributed by atoms with E-state index in [1.165, 1.54) is 31.5 Å². The molecule has 1 aliphatic carbocycles. The van der Waals surface area contributed by atoms with E-state index >= 15 is 0 Å². The lowest BCUT2D eigenvalue weighted by Gasteiger charge is -2.11. The second kappa shape index (κ2) is 5.39. The molecule has 0 aromatic carbocycles. The molecule has 2 N–H and O–H groups in total. The summed E-state index contributed by atoms with van der Waals surface area (Å²) in [7, 11) is 0. The Morgan fingerprint density at radius 3 is 2.76 bits per heavy atom. The quantitative estimate of drug-likeness (QED) is 0.793. The van der Waals surface area contributed by atoms with Crippen molar-refractivity contribution in [1.29, 1.82) is 0 Å². The van der Waals surface area contributed by atoms with Crippen molar-refractivity contribution in [2.75, 3.05) is 5.73 Å². The van der Waals surface area contributed by atoms with Gasteiger partial charge in [0, 0.05) is 12.5 Å². The van der Waals surface area contributed by atoms with Gasteiger partial charge < -0.3 is 10.3 Å². The summed E-state index contributed by atoms with van der Waals surface area (Å²) in [4.78, 5) is 4.79. The number of allylic oxidation sites excluding steroid dienone is 1. The Bertz CT molecular complexity index is 386. The maximum atomic E-state index is 6.20. The number of hydrogen-bond donors (Lipinski definition) is 1. The van der Waals surface area contributed by atoms with Gasteiger partial charge in [-0.25, -0.2) is 4.98 Å². The molecule has 0 radical (unpaired) electrons. The number of rotatable bonds is 5. The average Bonchev–Trinajstić information content (AvgIpc) is 2.92. The molecule has 0 bridgehead atoms. The molecule has 0 amide bonds. The van der Waals surface area contributed by atoms with Crippen LogP contribution in [0.4, 0.5) is 5.82 Å². The highest BCUT2D eigenvalue weighted by atomic mass is 15.1. The SMILES string of the molecule is C=CCn1c(C2CCCC2)nc(CCC)c1N. The van der Waals surface area contributed by atoms with Crippen molar-refractivity contribution >= 4 is 5.82 Å². The van der Waals surface area contributed by atoms with Crippen molar-refractivity contribution in [3.05, 3.63) is 24.2 Å². The van der Waals surface area contributed by atoms with Crippen LogP contribution in [0.5, 0.6) is 0 Å². The Balaban J connectivity index is 2.33. The van der Waals surface area contributed by atoms with Crippen molar-refractivity contribution in [2.45, 2.75) is 57.9 Å². The highest BCUT2D eigenvalue weighted by Crippen LogP contribution is 2.35. The van der Waals surface area contributed by atoms with Crippen LogP contribution in [0, 0.1) is 0 Å². The molecule has 94 valence electrons.